The predicted octanol–water partition coefficient (Wildman–Crippen LogP) is 3.75. The zero-order valence-corrected chi connectivity index (χ0v) is 12.0. The van der Waals surface area contributed by atoms with Gasteiger partial charge in [-0.2, -0.15) is 5.26 Å². The van der Waals surface area contributed by atoms with Gasteiger partial charge >= 0.3 is 0 Å². The molecule has 3 rings (SSSR count). The van der Waals surface area contributed by atoms with Crippen LogP contribution in [0.25, 0.3) is 10.8 Å². The summed E-state index contributed by atoms with van der Waals surface area (Å²) in [4.78, 5) is 14.5. The Morgan fingerprint density at radius 1 is 1.14 bits per heavy atom. The lowest BCUT2D eigenvalue weighted by Gasteiger charge is -2.26. The molecule has 0 aromatic heterocycles. The van der Waals surface area contributed by atoms with E-state index < -0.39 is 0 Å². The third-order valence-electron chi connectivity index (χ3n) is 4.26. The highest BCUT2D eigenvalue weighted by Crippen LogP contribution is 2.25. The van der Waals surface area contributed by atoms with Crippen LogP contribution in [0.5, 0.6) is 0 Å². The molecule has 1 aliphatic rings. The van der Waals surface area contributed by atoms with Crippen molar-refractivity contribution in [2.24, 2.45) is 0 Å². The van der Waals surface area contributed by atoms with E-state index in [1.807, 2.05) is 42.5 Å². The minimum atomic E-state index is -0.0193. The molecule has 1 fully saturated rings. The number of nitrogens with zero attached hydrogens (tertiary/aromatic N) is 2. The summed E-state index contributed by atoms with van der Waals surface area (Å²) in [5.74, 6) is -0.0193. The topological polar surface area (TPSA) is 44.1 Å². The average Bonchev–Trinajstić information content (AvgIpc) is 3.05. The highest BCUT2D eigenvalue weighted by molar-refractivity contribution is 5.98. The van der Waals surface area contributed by atoms with Crippen LogP contribution in [-0.4, -0.2) is 23.4 Å². The summed E-state index contributed by atoms with van der Waals surface area (Å²) in [6.45, 7) is 0.177. The number of fused-ring (bicyclic) bond motifs is 1. The van der Waals surface area contributed by atoms with Crippen LogP contribution < -0.4 is 0 Å². The molecule has 3 heteroatoms. The number of rotatable bonds is 3. The normalized spacial score (nSPS) is 15.0. The quantitative estimate of drug-likeness (QED) is 0.803. The fraction of sp³-hybridized carbons (Fsp3) is 0.333. The molecule has 0 bridgehead atoms. The fourth-order valence-corrected chi connectivity index (χ4v) is 3.15. The summed E-state index contributed by atoms with van der Waals surface area (Å²) < 4.78 is 0. The highest BCUT2D eigenvalue weighted by Gasteiger charge is 2.27. The SMILES string of the molecule is N#CCN(C(=O)c1ccc2ccccc2c1)C1CCCC1. The van der Waals surface area contributed by atoms with Gasteiger partial charge in [0.2, 0.25) is 0 Å². The van der Waals surface area contributed by atoms with Crippen LogP contribution >= 0.6 is 0 Å². The van der Waals surface area contributed by atoms with Gasteiger partial charge in [0.25, 0.3) is 5.91 Å². The average molecular weight is 278 g/mol. The van der Waals surface area contributed by atoms with E-state index in [-0.39, 0.29) is 18.5 Å². The first-order valence-corrected chi connectivity index (χ1v) is 7.46. The second-order valence-electron chi connectivity index (χ2n) is 5.59. The van der Waals surface area contributed by atoms with Gasteiger partial charge in [0.1, 0.15) is 6.54 Å². The van der Waals surface area contributed by atoms with Gasteiger partial charge in [-0.05, 0) is 35.7 Å². The van der Waals surface area contributed by atoms with Crippen LogP contribution in [0.4, 0.5) is 0 Å². The van der Waals surface area contributed by atoms with Crippen molar-refractivity contribution in [1.29, 1.82) is 5.26 Å². The molecule has 0 atom stereocenters. The highest BCUT2D eigenvalue weighted by atomic mass is 16.2. The molecular weight excluding hydrogens is 260 g/mol. The van der Waals surface area contributed by atoms with E-state index in [9.17, 15) is 4.79 Å². The Balaban J connectivity index is 1.91. The summed E-state index contributed by atoms with van der Waals surface area (Å²) >= 11 is 0. The van der Waals surface area contributed by atoms with Crippen molar-refractivity contribution in [3.63, 3.8) is 0 Å². The molecule has 0 radical (unpaired) electrons. The Bertz CT molecular complexity index is 696. The van der Waals surface area contributed by atoms with Gasteiger partial charge in [-0.3, -0.25) is 4.79 Å². The van der Waals surface area contributed by atoms with Crippen molar-refractivity contribution < 1.29 is 4.79 Å². The summed E-state index contributed by atoms with van der Waals surface area (Å²) in [7, 11) is 0. The Morgan fingerprint density at radius 2 is 1.86 bits per heavy atom. The molecule has 3 nitrogen and oxygen atoms in total. The number of hydrogen-bond acceptors (Lipinski definition) is 2. The standard InChI is InChI=1S/C18H18N2O/c19-11-12-20(17-7-3-4-8-17)18(21)16-10-9-14-5-1-2-6-15(14)13-16/h1-2,5-6,9-10,13,17H,3-4,7-8,12H2. The van der Waals surface area contributed by atoms with Gasteiger partial charge < -0.3 is 4.90 Å². The number of nitriles is 1. The number of benzene rings is 2. The van der Waals surface area contributed by atoms with Gasteiger partial charge in [-0.1, -0.05) is 43.2 Å². The summed E-state index contributed by atoms with van der Waals surface area (Å²) in [6, 6.07) is 16.1. The molecule has 0 N–H and O–H groups in total. The lowest BCUT2D eigenvalue weighted by Crippen LogP contribution is -2.39. The Labute approximate surface area is 124 Å². The van der Waals surface area contributed by atoms with Crippen molar-refractivity contribution in [1.82, 2.24) is 4.90 Å². The summed E-state index contributed by atoms with van der Waals surface area (Å²) in [5.41, 5.74) is 0.677. The van der Waals surface area contributed by atoms with Gasteiger partial charge in [0.15, 0.2) is 0 Å². The van der Waals surface area contributed by atoms with Crippen LogP contribution in [0.15, 0.2) is 42.5 Å². The second kappa shape index (κ2) is 5.97. The molecule has 0 unspecified atom stereocenters. The smallest absolute Gasteiger partial charge is 0.254 e. The fourth-order valence-electron chi connectivity index (χ4n) is 3.15. The Kier molecular flexibility index (Phi) is 3.87. The van der Waals surface area contributed by atoms with Gasteiger partial charge in [-0.25, -0.2) is 0 Å². The van der Waals surface area contributed by atoms with Crippen molar-refractivity contribution in [3.05, 3.63) is 48.0 Å². The van der Waals surface area contributed by atoms with E-state index >= 15 is 0 Å². The van der Waals surface area contributed by atoms with E-state index in [1.54, 1.807) is 4.90 Å². The van der Waals surface area contributed by atoms with E-state index in [2.05, 4.69) is 6.07 Å². The minimum Gasteiger partial charge on any atom is -0.322 e. The number of amides is 1. The molecule has 21 heavy (non-hydrogen) atoms. The largest absolute Gasteiger partial charge is 0.322 e. The molecule has 1 amide bonds. The second-order valence-corrected chi connectivity index (χ2v) is 5.59. The zero-order chi connectivity index (χ0) is 14.7. The molecule has 2 aromatic carbocycles. The van der Waals surface area contributed by atoms with Crippen LogP contribution in [0.2, 0.25) is 0 Å². The van der Waals surface area contributed by atoms with Crippen molar-refractivity contribution in [2.45, 2.75) is 31.7 Å². The minimum absolute atomic E-state index is 0.0193. The zero-order valence-electron chi connectivity index (χ0n) is 12.0. The van der Waals surface area contributed by atoms with Crippen LogP contribution in [0.1, 0.15) is 36.0 Å². The number of hydrogen-bond donors (Lipinski definition) is 0. The molecule has 106 valence electrons. The van der Waals surface area contributed by atoms with Crippen LogP contribution in [0.3, 0.4) is 0 Å². The summed E-state index contributed by atoms with van der Waals surface area (Å²) in [5, 5.41) is 11.2. The maximum absolute atomic E-state index is 12.7. The van der Waals surface area contributed by atoms with Crippen molar-refractivity contribution in [2.75, 3.05) is 6.54 Å². The first kappa shape index (κ1) is 13.6. The monoisotopic (exact) mass is 278 g/mol. The number of carbonyl (C=O) groups is 1. The lowest BCUT2D eigenvalue weighted by molar-refractivity contribution is 0.0709. The third-order valence-corrected chi connectivity index (χ3v) is 4.26. The molecule has 1 saturated carbocycles. The van der Waals surface area contributed by atoms with E-state index in [1.165, 1.54) is 0 Å². The van der Waals surface area contributed by atoms with E-state index in [0.717, 1.165) is 36.5 Å². The molecule has 0 spiro atoms. The van der Waals surface area contributed by atoms with Crippen molar-refractivity contribution in [3.8, 4) is 6.07 Å². The van der Waals surface area contributed by atoms with Crippen molar-refractivity contribution >= 4 is 16.7 Å². The Morgan fingerprint density at radius 3 is 2.57 bits per heavy atom. The molecule has 0 saturated heterocycles. The first-order valence-electron chi connectivity index (χ1n) is 7.46. The van der Waals surface area contributed by atoms with Gasteiger partial charge in [0, 0.05) is 11.6 Å². The van der Waals surface area contributed by atoms with Crippen LogP contribution in [0, 0.1) is 11.3 Å². The Hall–Kier alpha value is -2.34. The lowest BCUT2D eigenvalue weighted by atomic mass is 10.1. The predicted molar refractivity (Wildman–Crippen MR) is 82.9 cm³/mol. The van der Waals surface area contributed by atoms with E-state index in [4.69, 9.17) is 5.26 Å². The van der Waals surface area contributed by atoms with E-state index in [0.29, 0.717) is 5.56 Å². The number of carbonyl (C=O) groups excluding carboxylic acids is 1. The first-order chi connectivity index (χ1) is 10.3. The maximum atomic E-state index is 12.7. The summed E-state index contributed by atoms with van der Waals surface area (Å²) in [6.07, 6.45) is 4.33. The molecule has 1 aliphatic carbocycles. The molecule has 0 aliphatic heterocycles. The maximum Gasteiger partial charge on any atom is 0.254 e. The third kappa shape index (κ3) is 2.75. The molecule has 0 heterocycles. The van der Waals surface area contributed by atoms with Gasteiger partial charge in [-0.15, -0.1) is 0 Å². The van der Waals surface area contributed by atoms with Crippen LogP contribution in [-0.2, 0) is 0 Å². The van der Waals surface area contributed by atoms with Gasteiger partial charge in [0.05, 0.1) is 6.07 Å². The molecular formula is C18H18N2O. The molecule has 2 aromatic rings.